The Labute approximate surface area is 268 Å². The van der Waals surface area contributed by atoms with Gasteiger partial charge in [0, 0.05) is 24.9 Å². The quantitative estimate of drug-likeness (QED) is 0.111. The van der Waals surface area contributed by atoms with Crippen LogP contribution in [0.25, 0.3) is 0 Å². The Hall–Kier alpha value is -2.84. The lowest BCUT2D eigenvalue weighted by atomic mass is 9.36. The molecule has 4 aliphatic rings. The van der Waals surface area contributed by atoms with Gasteiger partial charge in [-0.05, 0) is 128 Å². The van der Waals surface area contributed by atoms with E-state index in [1.807, 2.05) is 26.0 Å². The number of ether oxygens (including phenoxy) is 1. The summed E-state index contributed by atoms with van der Waals surface area (Å²) in [4.78, 5) is 30.6. The number of aliphatic hydroxyl groups is 2. The van der Waals surface area contributed by atoms with Gasteiger partial charge in [-0.1, -0.05) is 39.3 Å². The number of hydrogen-bond donors (Lipinski definition) is 3. The minimum Gasteiger partial charge on any atom is -0.458 e. The van der Waals surface area contributed by atoms with E-state index in [9.17, 15) is 19.8 Å². The zero-order chi connectivity index (χ0) is 32.7. The minimum absolute atomic E-state index is 0.0465. The van der Waals surface area contributed by atoms with Crippen LogP contribution in [-0.2, 0) is 14.3 Å². The van der Waals surface area contributed by atoms with Crippen LogP contribution in [0.2, 0.25) is 0 Å². The first-order chi connectivity index (χ1) is 21.2. The number of carbonyl (C=O) groups excluding carboxylic acids is 2. The molecule has 0 unspecified atom stereocenters. The first-order valence-electron chi connectivity index (χ1n) is 16.9. The van der Waals surface area contributed by atoms with Crippen molar-refractivity contribution in [3.8, 4) is 0 Å². The second-order valence-electron chi connectivity index (χ2n) is 15.3. The zero-order valence-corrected chi connectivity index (χ0v) is 28.2. The molecule has 4 saturated carbocycles. The maximum absolute atomic E-state index is 14.0. The molecule has 1 aromatic heterocycles. The van der Waals surface area contributed by atoms with E-state index in [1.165, 1.54) is 12.5 Å². The van der Waals surface area contributed by atoms with Gasteiger partial charge in [0.05, 0.1) is 18.4 Å². The summed E-state index contributed by atoms with van der Waals surface area (Å²) in [6.07, 6.45) is 11.5. The van der Waals surface area contributed by atoms with Crippen molar-refractivity contribution in [3.63, 3.8) is 0 Å². The average molecular weight is 620 g/mol. The molecule has 246 valence electrons. The normalized spacial score (nSPS) is 40.2. The van der Waals surface area contributed by atoms with Crippen LogP contribution in [0.3, 0.4) is 0 Å². The van der Waals surface area contributed by atoms with E-state index in [0.29, 0.717) is 37.2 Å². The van der Waals surface area contributed by atoms with Crippen molar-refractivity contribution >= 4 is 18.1 Å². The second kappa shape index (κ2) is 12.7. The topological polar surface area (TPSA) is 121 Å². The molecular formula is C37H53N3O5. The second-order valence-corrected chi connectivity index (χ2v) is 15.3. The fourth-order valence-electron chi connectivity index (χ4n) is 10.5. The first-order valence-corrected chi connectivity index (χ1v) is 16.9. The van der Waals surface area contributed by atoms with E-state index in [2.05, 4.69) is 49.3 Å². The Morgan fingerprint density at radius 2 is 1.78 bits per heavy atom. The molecule has 0 aliphatic heterocycles. The third-order valence-corrected chi connectivity index (χ3v) is 12.7. The standard InChI is InChI=1S/C37H53N3O5/c1-22(2)9-8-10-26(34(44)40-39-21-25-13-17-38-18-14-25)32-28-19-30(43)33-35(5)15-12-29(42)23(3)27(35)11-16-36(33,6)37(28,7)20-31(32)45-24(4)41/h9,13-14,17-18,21,23,27-31,33,42-43H,8,10-12,15-16,19-20H2,1-7H3,(H,40,44)/b32-26-,39-21+/t23-,27-,28-,29+,30+,31-,33-,35-,36-,37-/m0/s1. The van der Waals surface area contributed by atoms with Crippen LogP contribution in [0.5, 0.6) is 0 Å². The highest BCUT2D eigenvalue weighted by Gasteiger charge is 2.70. The smallest absolute Gasteiger partial charge is 0.303 e. The number of nitrogens with zero attached hydrogens (tertiary/aromatic N) is 2. The number of amides is 1. The van der Waals surface area contributed by atoms with Crippen LogP contribution >= 0.6 is 0 Å². The van der Waals surface area contributed by atoms with Crippen molar-refractivity contribution in [1.29, 1.82) is 0 Å². The number of pyridine rings is 1. The zero-order valence-electron chi connectivity index (χ0n) is 28.2. The predicted octanol–water partition coefficient (Wildman–Crippen LogP) is 6.13. The molecule has 0 aromatic carbocycles. The fourth-order valence-corrected chi connectivity index (χ4v) is 10.5. The van der Waals surface area contributed by atoms with Crippen molar-refractivity contribution in [3.05, 3.63) is 52.9 Å². The highest BCUT2D eigenvalue weighted by Crippen LogP contribution is 2.74. The monoisotopic (exact) mass is 619 g/mol. The number of hydrazone groups is 1. The molecule has 10 atom stereocenters. The number of esters is 1. The Bertz CT molecular complexity index is 1370. The Morgan fingerprint density at radius 1 is 1.07 bits per heavy atom. The van der Waals surface area contributed by atoms with Crippen molar-refractivity contribution in [1.82, 2.24) is 10.4 Å². The molecule has 0 saturated heterocycles. The molecule has 5 rings (SSSR count). The maximum atomic E-state index is 14.0. The molecule has 8 heteroatoms. The maximum Gasteiger partial charge on any atom is 0.303 e. The van der Waals surface area contributed by atoms with E-state index in [1.54, 1.807) is 18.6 Å². The third-order valence-electron chi connectivity index (χ3n) is 12.7. The molecule has 4 aliphatic carbocycles. The van der Waals surface area contributed by atoms with Crippen LogP contribution in [0, 0.1) is 39.9 Å². The van der Waals surface area contributed by atoms with Crippen LogP contribution in [0.1, 0.15) is 105 Å². The van der Waals surface area contributed by atoms with Crippen molar-refractivity contribution in [2.75, 3.05) is 0 Å². The number of fused-ring (bicyclic) bond motifs is 5. The number of nitrogens with one attached hydrogen (secondary N) is 1. The molecule has 0 spiro atoms. The molecule has 3 N–H and O–H groups in total. The summed E-state index contributed by atoms with van der Waals surface area (Å²) in [5.41, 5.74) is 5.55. The van der Waals surface area contributed by atoms with Crippen LogP contribution < -0.4 is 5.43 Å². The van der Waals surface area contributed by atoms with Crippen molar-refractivity contribution in [2.45, 2.75) is 118 Å². The number of allylic oxidation sites excluding steroid dienone is 2. The van der Waals surface area contributed by atoms with E-state index in [-0.39, 0.29) is 52.0 Å². The fraction of sp³-hybridized carbons (Fsp3) is 0.676. The summed E-state index contributed by atoms with van der Waals surface area (Å²) in [5.74, 6) is -0.207. The van der Waals surface area contributed by atoms with Gasteiger partial charge in [-0.2, -0.15) is 5.10 Å². The van der Waals surface area contributed by atoms with Gasteiger partial charge in [-0.15, -0.1) is 0 Å². The molecule has 0 bridgehead atoms. The minimum atomic E-state index is -0.568. The lowest BCUT2D eigenvalue weighted by molar-refractivity contribution is -0.234. The highest BCUT2D eigenvalue weighted by atomic mass is 16.5. The number of hydrogen-bond acceptors (Lipinski definition) is 7. The van der Waals surface area contributed by atoms with Gasteiger partial charge >= 0.3 is 5.97 Å². The molecule has 1 amide bonds. The molecule has 4 fully saturated rings. The van der Waals surface area contributed by atoms with Gasteiger partial charge in [0.2, 0.25) is 0 Å². The largest absolute Gasteiger partial charge is 0.458 e. The van der Waals surface area contributed by atoms with Crippen LogP contribution in [-0.4, -0.2) is 51.6 Å². The predicted molar refractivity (Wildman–Crippen MR) is 175 cm³/mol. The Morgan fingerprint density at radius 3 is 2.44 bits per heavy atom. The van der Waals surface area contributed by atoms with Gasteiger partial charge in [0.1, 0.15) is 6.10 Å². The van der Waals surface area contributed by atoms with Crippen molar-refractivity contribution < 1.29 is 24.5 Å². The summed E-state index contributed by atoms with van der Waals surface area (Å²) >= 11 is 0. The molecule has 8 nitrogen and oxygen atoms in total. The van der Waals surface area contributed by atoms with Crippen LogP contribution in [0.4, 0.5) is 0 Å². The van der Waals surface area contributed by atoms with Crippen molar-refractivity contribution in [2.24, 2.45) is 45.0 Å². The van der Waals surface area contributed by atoms with Crippen LogP contribution in [0.15, 0.2) is 52.4 Å². The first kappa shape index (κ1) is 33.5. The van der Waals surface area contributed by atoms with E-state index in [0.717, 1.165) is 36.8 Å². The average Bonchev–Trinajstić information content (AvgIpc) is 3.24. The number of rotatable bonds is 7. The van der Waals surface area contributed by atoms with Gasteiger partial charge in [-0.25, -0.2) is 5.43 Å². The van der Waals surface area contributed by atoms with E-state index >= 15 is 0 Å². The summed E-state index contributed by atoms with van der Waals surface area (Å²) < 4.78 is 6.08. The Balaban J connectivity index is 1.58. The number of carbonyl (C=O) groups is 2. The lowest BCUT2D eigenvalue weighted by Gasteiger charge is -2.69. The Kier molecular flexibility index (Phi) is 9.50. The summed E-state index contributed by atoms with van der Waals surface area (Å²) in [5, 5.41) is 27.2. The summed E-state index contributed by atoms with van der Waals surface area (Å²) in [7, 11) is 0. The molecule has 0 radical (unpaired) electrons. The van der Waals surface area contributed by atoms with Gasteiger partial charge < -0.3 is 14.9 Å². The van der Waals surface area contributed by atoms with E-state index in [4.69, 9.17) is 4.74 Å². The molecular weight excluding hydrogens is 566 g/mol. The lowest BCUT2D eigenvalue weighted by Crippen LogP contribution is -2.65. The summed E-state index contributed by atoms with van der Waals surface area (Å²) in [6.45, 7) is 14.7. The van der Waals surface area contributed by atoms with Gasteiger partial charge in [0.25, 0.3) is 5.91 Å². The summed E-state index contributed by atoms with van der Waals surface area (Å²) in [6, 6.07) is 3.62. The molecule has 1 heterocycles. The SMILES string of the molecule is CC(=O)O[C@H]1C[C@@]2(C)[C@@H](C[C@@H](O)[C@H]3[C@@]4(C)CC[C@@H](O)[C@@H](C)[C@@H]4CC[C@@]32C)/C1=C(\CCC=C(C)C)C(=O)N/N=C/c1ccncc1. The van der Waals surface area contributed by atoms with Gasteiger partial charge in [-0.3, -0.25) is 14.6 Å². The number of aliphatic hydroxyl groups excluding tert-OH is 2. The molecule has 1 aromatic rings. The number of aromatic nitrogens is 1. The van der Waals surface area contributed by atoms with Gasteiger partial charge in [0.15, 0.2) is 0 Å². The third kappa shape index (κ3) is 5.93. The highest BCUT2D eigenvalue weighted by molar-refractivity contribution is 5.95. The van der Waals surface area contributed by atoms with E-state index < -0.39 is 12.2 Å². The molecule has 45 heavy (non-hydrogen) atoms.